The third-order valence-electron chi connectivity index (χ3n) is 3.48. The number of hydrogen-bond acceptors (Lipinski definition) is 5. The van der Waals surface area contributed by atoms with Crippen LogP contribution in [0.25, 0.3) is 0 Å². The number of rotatable bonds is 5. The van der Waals surface area contributed by atoms with E-state index in [2.05, 4.69) is 15.3 Å². The van der Waals surface area contributed by atoms with Crippen LogP contribution in [0.15, 0.2) is 12.4 Å². The number of aromatic nitrogens is 2. The second-order valence-corrected chi connectivity index (χ2v) is 4.99. The largest absolute Gasteiger partial charge is 0.396 e. The van der Waals surface area contributed by atoms with Crippen molar-refractivity contribution in [2.24, 2.45) is 5.41 Å². The second kappa shape index (κ2) is 4.87. The van der Waals surface area contributed by atoms with Gasteiger partial charge >= 0.3 is 0 Å². The van der Waals surface area contributed by atoms with Crippen LogP contribution in [0.4, 0.5) is 11.6 Å². The molecule has 0 saturated heterocycles. The molecule has 94 valence electrons. The minimum Gasteiger partial charge on any atom is -0.396 e. The smallest absolute Gasteiger partial charge is 0.171 e. The molecule has 1 saturated carbocycles. The molecular weight excluding hydrogens is 216 g/mol. The third-order valence-corrected chi connectivity index (χ3v) is 3.48. The Morgan fingerprint density at radius 2 is 2.06 bits per heavy atom. The molecule has 5 heteroatoms. The molecule has 1 fully saturated rings. The maximum Gasteiger partial charge on any atom is 0.171 e. The van der Waals surface area contributed by atoms with E-state index in [1.54, 1.807) is 12.4 Å². The number of anilines is 2. The van der Waals surface area contributed by atoms with Crippen LogP contribution < -0.4 is 10.2 Å². The van der Waals surface area contributed by atoms with Gasteiger partial charge in [-0.25, -0.2) is 9.97 Å². The molecule has 0 aromatic carbocycles. The zero-order valence-corrected chi connectivity index (χ0v) is 10.5. The van der Waals surface area contributed by atoms with Crippen LogP contribution in [0.1, 0.15) is 19.3 Å². The maximum atomic E-state index is 9.41. The predicted molar refractivity (Wildman–Crippen MR) is 68.2 cm³/mol. The van der Waals surface area contributed by atoms with Crippen molar-refractivity contribution in [2.45, 2.75) is 19.3 Å². The van der Waals surface area contributed by atoms with Crippen LogP contribution in [0.2, 0.25) is 0 Å². The van der Waals surface area contributed by atoms with Crippen LogP contribution in [0.3, 0.4) is 0 Å². The van der Waals surface area contributed by atoms with Crippen LogP contribution in [0.5, 0.6) is 0 Å². The average Bonchev–Trinajstić information content (AvgIpc) is 2.28. The number of aliphatic hydroxyl groups excluding tert-OH is 1. The number of aliphatic hydroxyl groups is 1. The van der Waals surface area contributed by atoms with Crippen molar-refractivity contribution in [3.8, 4) is 0 Å². The first-order chi connectivity index (χ1) is 8.17. The second-order valence-electron chi connectivity index (χ2n) is 4.99. The van der Waals surface area contributed by atoms with E-state index in [-0.39, 0.29) is 12.0 Å². The highest BCUT2D eigenvalue weighted by Crippen LogP contribution is 2.40. The Labute approximate surface area is 102 Å². The summed E-state index contributed by atoms with van der Waals surface area (Å²) >= 11 is 0. The normalized spacial score (nSPS) is 17.4. The van der Waals surface area contributed by atoms with Crippen molar-refractivity contribution in [1.82, 2.24) is 9.97 Å². The highest BCUT2D eigenvalue weighted by atomic mass is 16.3. The maximum absolute atomic E-state index is 9.41. The van der Waals surface area contributed by atoms with Crippen molar-refractivity contribution in [2.75, 3.05) is 37.5 Å². The summed E-state index contributed by atoms with van der Waals surface area (Å²) < 4.78 is 0. The van der Waals surface area contributed by atoms with Crippen molar-refractivity contribution in [3.63, 3.8) is 0 Å². The van der Waals surface area contributed by atoms with Crippen LogP contribution in [-0.4, -0.2) is 42.3 Å². The summed E-state index contributed by atoms with van der Waals surface area (Å²) in [7, 11) is 3.89. The standard InChI is InChI=1S/C12H20N4O/c1-16(2)11-10(13-6-7-14-11)15-8-12(9-17)4-3-5-12/h6-7,17H,3-5,8-9H2,1-2H3,(H,13,15). The van der Waals surface area contributed by atoms with E-state index in [0.29, 0.717) is 0 Å². The first-order valence-electron chi connectivity index (χ1n) is 6.00. The summed E-state index contributed by atoms with van der Waals surface area (Å²) in [5.41, 5.74) is 0.0567. The Morgan fingerprint density at radius 3 is 2.59 bits per heavy atom. The molecule has 2 N–H and O–H groups in total. The molecular formula is C12H20N4O. The lowest BCUT2D eigenvalue weighted by Gasteiger charge is -2.40. The quantitative estimate of drug-likeness (QED) is 0.802. The molecule has 0 atom stereocenters. The zero-order chi connectivity index (χ0) is 12.3. The summed E-state index contributed by atoms with van der Waals surface area (Å²) in [5.74, 6) is 1.62. The SMILES string of the molecule is CN(C)c1nccnc1NCC1(CO)CCC1. The molecule has 0 spiro atoms. The molecule has 5 nitrogen and oxygen atoms in total. The van der Waals surface area contributed by atoms with Crippen LogP contribution >= 0.6 is 0 Å². The molecule has 0 bridgehead atoms. The van der Waals surface area contributed by atoms with E-state index in [4.69, 9.17) is 0 Å². The summed E-state index contributed by atoms with van der Waals surface area (Å²) in [4.78, 5) is 10.5. The van der Waals surface area contributed by atoms with Gasteiger partial charge in [0.1, 0.15) is 0 Å². The van der Waals surface area contributed by atoms with E-state index in [1.807, 2.05) is 19.0 Å². The first-order valence-corrected chi connectivity index (χ1v) is 6.00. The Morgan fingerprint density at radius 1 is 1.35 bits per heavy atom. The molecule has 1 heterocycles. The van der Waals surface area contributed by atoms with Gasteiger partial charge in [0.15, 0.2) is 11.6 Å². The lowest BCUT2D eigenvalue weighted by molar-refractivity contribution is 0.0576. The Hall–Kier alpha value is -1.36. The number of nitrogens with one attached hydrogen (secondary N) is 1. The molecule has 0 amide bonds. The van der Waals surface area contributed by atoms with E-state index in [0.717, 1.165) is 31.0 Å². The van der Waals surface area contributed by atoms with Gasteiger partial charge in [-0.3, -0.25) is 0 Å². The number of nitrogens with zero attached hydrogens (tertiary/aromatic N) is 3. The molecule has 1 aliphatic carbocycles. The van der Waals surface area contributed by atoms with Crippen LogP contribution in [0, 0.1) is 5.41 Å². The fraction of sp³-hybridized carbons (Fsp3) is 0.667. The average molecular weight is 236 g/mol. The predicted octanol–water partition coefficient (Wildman–Crippen LogP) is 1.12. The number of hydrogen-bond donors (Lipinski definition) is 2. The molecule has 0 radical (unpaired) electrons. The lowest BCUT2D eigenvalue weighted by atomic mass is 9.69. The zero-order valence-electron chi connectivity index (χ0n) is 10.5. The molecule has 1 aromatic heterocycles. The molecule has 0 unspecified atom stereocenters. The van der Waals surface area contributed by atoms with Gasteiger partial charge in [-0.2, -0.15) is 0 Å². The Kier molecular flexibility index (Phi) is 3.47. The molecule has 1 aliphatic rings. The fourth-order valence-electron chi connectivity index (χ4n) is 2.12. The molecule has 0 aliphatic heterocycles. The van der Waals surface area contributed by atoms with E-state index in [9.17, 15) is 5.11 Å². The summed E-state index contributed by atoms with van der Waals surface area (Å²) in [6.45, 7) is 1.01. The van der Waals surface area contributed by atoms with Crippen molar-refractivity contribution < 1.29 is 5.11 Å². The van der Waals surface area contributed by atoms with Gasteiger partial charge < -0.3 is 15.3 Å². The van der Waals surface area contributed by atoms with Crippen molar-refractivity contribution in [1.29, 1.82) is 0 Å². The highest BCUT2D eigenvalue weighted by molar-refractivity contribution is 5.59. The minimum atomic E-state index is 0.0567. The Bertz CT molecular complexity index is 371. The summed E-state index contributed by atoms with van der Waals surface area (Å²) in [5, 5.41) is 12.7. The van der Waals surface area contributed by atoms with Gasteiger partial charge in [0.05, 0.1) is 6.61 Å². The highest BCUT2D eigenvalue weighted by Gasteiger charge is 2.36. The first kappa shape index (κ1) is 12.1. The molecule has 17 heavy (non-hydrogen) atoms. The molecule has 2 rings (SSSR count). The van der Waals surface area contributed by atoms with Gasteiger partial charge in [-0.1, -0.05) is 6.42 Å². The fourth-order valence-corrected chi connectivity index (χ4v) is 2.12. The van der Waals surface area contributed by atoms with Crippen molar-refractivity contribution >= 4 is 11.6 Å². The Balaban J connectivity index is 2.03. The minimum absolute atomic E-state index is 0.0567. The van der Waals surface area contributed by atoms with Crippen molar-refractivity contribution in [3.05, 3.63) is 12.4 Å². The van der Waals surface area contributed by atoms with Gasteiger partial charge in [0, 0.05) is 38.4 Å². The molecule has 1 aromatic rings. The van der Waals surface area contributed by atoms with E-state index >= 15 is 0 Å². The van der Waals surface area contributed by atoms with Crippen LogP contribution in [-0.2, 0) is 0 Å². The van der Waals surface area contributed by atoms with E-state index < -0.39 is 0 Å². The lowest BCUT2D eigenvalue weighted by Crippen LogP contribution is -2.40. The summed E-state index contributed by atoms with van der Waals surface area (Å²) in [6, 6.07) is 0. The third kappa shape index (κ3) is 2.49. The summed E-state index contributed by atoms with van der Waals surface area (Å²) in [6.07, 6.45) is 6.76. The van der Waals surface area contributed by atoms with E-state index in [1.165, 1.54) is 6.42 Å². The van der Waals surface area contributed by atoms with Gasteiger partial charge in [0.2, 0.25) is 0 Å². The van der Waals surface area contributed by atoms with Gasteiger partial charge in [0.25, 0.3) is 0 Å². The van der Waals surface area contributed by atoms with Gasteiger partial charge in [-0.05, 0) is 12.8 Å². The topological polar surface area (TPSA) is 61.3 Å². The van der Waals surface area contributed by atoms with Gasteiger partial charge in [-0.15, -0.1) is 0 Å². The monoisotopic (exact) mass is 236 g/mol.